The fourth-order valence-corrected chi connectivity index (χ4v) is 4.33. The van der Waals surface area contributed by atoms with Gasteiger partial charge in [0.1, 0.15) is 6.61 Å². The van der Waals surface area contributed by atoms with Gasteiger partial charge in [0.05, 0.1) is 18.7 Å². The first-order chi connectivity index (χ1) is 12.2. The maximum Gasteiger partial charge on any atom is 0.344 e. The van der Waals surface area contributed by atoms with Gasteiger partial charge in [0.2, 0.25) is 0 Å². The van der Waals surface area contributed by atoms with Crippen molar-refractivity contribution >= 4 is 14.3 Å². The summed E-state index contributed by atoms with van der Waals surface area (Å²) in [6.07, 6.45) is 1.96. The zero-order valence-electron chi connectivity index (χ0n) is 16.7. The first-order valence-corrected chi connectivity index (χ1v) is 12.5. The van der Waals surface area contributed by atoms with Gasteiger partial charge in [-0.05, 0) is 36.5 Å². The van der Waals surface area contributed by atoms with E-state index >= 15 is 0 Å². The van der Waals surface area contributed by atoms with Crippen LogP contribution in [0.5, 0.6) is 0 Å². The van der Waals surface area contributed by atoms with Crippen LogP contribution < -0.4 is 0 Å². The van der Waals surface area contributed by atoms with Crippen molar-refractivity contribution in [3.8, 4) is 0 Å². The number of nitrogens with zero attached hydrogens (tertiary/aromatic N) is 2. The largest absolute Gasteiger partial charge is 0.415 e. The highest BCUT2D eigenvalue weighted by molar-refractivity contribution is 6.74. The summed E-state index contributed by atoms with van der Waals surface area (Å²) in [5.41, 5.74) is 1.08. The molecular weight excluding hydrogens is 344 g/mol. The molecule has 2 amide bonds. The van der Waals surface area contributed by atoms with Crippen LogP contribution in [-0.2, 0) is 15.9 Å². The van der Waals surface area contributed by atoms with Crippen molar-refractivity contribution in [1.82, 2.24) is 9.96 Å². The Balaban J connectivity index is 1.57. The molecule has 144 valence electrons. The van der Waals surface area contributed by atoms with E-state index in [4.69, 9.17) is 9.26 Å². The lowest BCUT2D eigenvalue weighted by Gasteiger charge is -2.39. The van der Waals surface area contributed by atoms with Crippen molar-refractivity contribution in [2.75, 3.05) is 13.2 Å². The topological polar surface area (TPSA) is 42.0 Å². The maximum absolute atomic E-state index is 12.8. The molecule has 0 aliphatic carbocycles. The van der Waals surface area contributed by atoms with Crippen molar-refractivity contribution in [3.63, 3.8) is 0 Å². The first kappa shape index (κ1) is 19.4. The molecule has 2 bridgehead atoms. The van der Waals surface area contributed by atoms with Crippen LogP contribution in [0.15, 0.2) is 30.3 Å². The molecule has 5 nitrogen and oxygen atoms in total. The minimum absolute atomic E-state index is 0.00716. The number of hydrogen-bond donors (Lipinski definition) is 0. The van der Waals surface area contributed by atoms with Gasteiger partial charge in [-0.1, -0.05) is 51.1 Å². The second kappa shape index (κ2) is 7.33. The van der Waals surface area contributed by atoms with Gasteiger partial charge in [-0.3, -0.25) is 4.84 Å². The number of rotatable bonds is 6. The van der Waals surface area contributed by atoms with E-state index in [2.05, 4.69) is 33.9 Å². The van der Waals surface area contributed by atoms with Gasteiger partial charge in [0, 0.05) is 6.54 Å². The molecule has 3 rings (SSSR count). The average molecular weight is 377 g/mol. The number of fused-ring (bicyclic) bond motifs is 2. The number of hydroxylamine groups is 2. The molecule has 2 heterocycles. The van der Waals surface area contributed by atoms with Gasteiger partial charge in [0.15, 0.2) is 8.32 Å². The number of carbonyl (C=O) groups excluding carboxylic acids is 1. The fourth-order valence-electron chi connectivity index (χ4n) is 3.29. The monoisotopic (exact) mass is 376 g/mol. The molecule has 0 aromatic heterocycles. The molecule has 0 radical (unpaired) electrons. The zero-order valence-corrected chi connectivity index (χ0v) is 17.7. The van der Waals surface area contributed by atoms with Crippen molar-refractivity contribution in [2.45, 2.75) is 70.4 Å². The van der Waals surface area contributed by atoms with Crippen molar-refractivity contribution in [1.29, 1.82) is 0 Å². The first-order valence-electron chi connectivity index (χ1n) is 9.60. The van der Waals surface area contributed by atoms with E-state index in [9.17, 15) is 4.79 Å². The number of amides is 2. The molecular formula is C20H32N2O3Si. The molecule has 2 saturated heterocycles. The molecule has 0 unspecified atom stereocenters. The minimum atomic E-state index is -1.80. The molecule has 2 aliphatic heterocycles. The molecule has 2 fully saturated rings. The Morgan fingerprint density at radius 1 is 1.15 bits per heavy atom. The van der Waals surface area contributed by atoms with Crippen LogP contribution in [0.1, 0.15) is 39.2 Å². The molecule has 0 N–H and O–H groups in total. The lowest BCUT2D eigenvalue weighted by Crippen LogP contribution is -2.48. The SMILES string of the molecule is CC(C)(C)[Si](C)(C)OC[C@H]1CC[C@H]2CN1C(=O)N2OCc1ccccc1. The van der Waals surface area contributed by atoms with Crippen molar-refractivity contribution in [2.24, 2.45) is 0 Å². The smallest absolute Gasteiger partial charge is 0.344 e. The Labute approximate surface area is 158 Å². The highest BCUT2D eigenvalue weighted by Crippen LogP contribution is 2.38. The van der Waals surface area contributed by atoms with E-state index in [1.807, 2.05) is 35.2 Å². The van der Waals surface area contributed by atoms with Crippen LogP contribution >= 0.6 is 0 Å². The Morgan fingerprint density at radius 2 is 1.85 bits per heavy atom. The highest BCUT2D eigenvalue weighted by Gasteiger charge is 2.46. The molecule has 1 aromatic rings. The van der Waals surface area contributed by atoms with Crippen LogP contribution in [-0.4, -0.2) is 49.5 Å². The Kier molecular flexibility index (Phi) is 5.47. The van der Waals surface area contributed by atoms with Gasteiger partial charge < -0.3 is 9.33 Å². The zero-order chi connectivity index (χ0) is 18.9. The maximum atomic E-state index is 12.8. The number of carbonyl (C=O) groups is 1. The van der Waals surface area contributed by atoms with Crippen LogP contribution in [0.2, 0.25) is 18.1 Å². The Hall–Kier alpha value is -1.37. The highest BCUT2D eigenvalue weighted by atomic mass is 28.4. The molecule has 2 atom stereocenters. The van der Waals surface area contributed by atoms with Crippen molar-refractivity contribution in [3.05, 3.63) is 35.9 Å². The van der Waals surface area contributed by atoms with E-state index in [0.717, 1.165) is 24.9 Å². The second-order valence-corrected chi connectivity index (χ2v) is 13.8. The lowest BCUT2D eigenvalue weighted by molar-refractivity contribution is -0.140. The van der Waals surface area contributed by atoms with E-state index < -0.39 is 8.32 Å². The third-order valence-electron chi connectivity index (χ3n) is 6.10. The summed E-state index contributed by atoms with van der Waals surface area (Å²) in [5.74, 6) is 0. The van der Waals surface area contributed by atoms with Gasteiger partial charge in [-0.2, -0.15) is 5.06 Å². The molecule has 0 spiro atoms. The van der Waals surface area contributed by atoms with E-state index in [0.29, 0.717) is 13.2 Å². The predicted molar refractivity (Wildman–Crippen MR) is 105 cm³/mol. The van der Waals surface area contributed by atoms with Gasteiger partial charge in [0.25, 0.3) is 0 Å². The number of hydrogen-bond acceptors (Lipinski definition) is 3. The van der Waals surface area contributed by atoms with E-state index in [1.165, 1.54) is 0 Å². The van der Waals surface area contributed by atoms with Crippen LogP contribution in [0.3, 0.4) is 0 Å². The summed E-state index contributed by atoms with van der Waals surface area (Å²) in [6, 6.07) is 10.3. The second-order valence-electron chi connectivity index (χ2n) is 8.98. The fraction of sp³-hybridized carbons (Fsp3) is 0.650. The van der Waals surface area contributed by atoms with Gasteiger partial charge in [-0.15, -0.1) is 0 Å². The third-order valence-corrected chi connectivity index (χ3v) is 10.6. The Bertz CT molecular complexity index is 630. The predicted octanol–water partition coefficient (Wildman–Crippen LogP) is 4.41. The molecule has 2 aliphatic rings. The summed E-state index contributed by atoms with van der Waals surface area (Å²) in [7, 11) is -1.80. The minimum Gasteiger partial charge on any atom is -0.415 e. The average Bonchev–Trinajstić information content (AvgIpc) is 2.84. The summed E-state index contributed by atoms with van der Waals surface area (Å²) < 4.78 is 6.38. The quantitative estimate of drug-likeness (QED) is 0.691. The van der Waals surface area contributed by atoms with Crippen molar-refractivity contribution < 1.29 is 14.1 Å². The van der Waals surface area contributed by atoms with Crippen LogP contribution in [0, 0.1) is 0 Å². The Morgan fingerprint density at radius 3 is 2.50 bits per heavy atom. The third kappa shape index (κ3) is 3.97. The normalized spacial score (nSPS) is 23.7. The molecule has 6 heteroatoms. The van der Waals surface area contributed by atoms with E-state index in [-0.39, 0.29) is 23.2 Å². The molecule has 26 heavy (non-hydrogen) atoms. The summed E-state index contributed by atoms with van der Waals surface area (Å²) in [5, 5.41) is 1.78. The number of benzene rings is 1. The summed E-state index contributed by atoms with van der Waals surface area (Å²) in [6.45, 7) is 13.1. The molecule has 0 saturated carbocycles. The summed E-state index contributed by atoms with van der Waals surface area (Å²) in [4.78, 5) is 20.6. The summed E-state index contributed by atoms with van der Waals surface area (Å²) >= 11 is 0. The standard InChI is InChI=1S/C20H32N2O3Si/c1-20(2,3)26(4,5)25-15-18-12-11-17-13-21(18)19(23)22(17)24-14-16-9-7-6-8-10-16/h6-10,17-18H,11-15H2,1-5H3/t17-,18+/m0/s1. The number of urea groups is 1. The van der Waals surface area contributed by atoms with Crippen LogP contribution in [0.4, 0.5) is 4.79 Å². The molecule has 1 aromatic carbocycles. The van der Waals surface area contributed by atoms with Gasteiger partial charge >= 0.3 is 6.03 Å². The van der Waals surface area contributed by atoms with E-state index in [1.54, 1.807) is 5.06 Å². The van der Waals surface area contributed by atoms with Gasteiger partial charge in [-0.25, -0.2) is 4.79 Å². The lowest BCUT2D eigenvalue weighted by atomic mass is 10.0. The van der Waals surface area contributed by atoms with Crippen LogP contribution in [0.25, 0.3) is 0 Å². The number of piperidine rings is 1.